The number of nitrogens with zero attached hydrogens (tertiary/aromatic N) is 7. The molecule has 0 saturated carbocycles. The van der Waals surface area contributed by atoms with Crippen LogP contribution in [0.2, 0.25) is 0 Å². The summed E-state index contributed by atoms with van der Waals surface area (Å²) in [5.41, 5.74) is 5.25. The minimum absolute atomic E-state index is 0.281. The molecule has 1 aliphatic heterocycles. The van der Waals surface area contributed by atoms with Crippen molar-refractivity contribution in [2.75, 3.05) is 31.1 Å². The van der Waals surface area contributed by atoms with E-state index in [-0.39, 0.29) is 5.82 Å². The molecule has 10 heteroatoms. The molecule has 3 aromatic heterocycles. The Balaban J connectivity index is 1.24. The van der Waals surface area contributed by atoms with Gasteiger partial charge in [0.25, 0.3) is 0 Å². The van der Waals surface area contributed by atoms with Gasteiger partial charge in [0.1, 0.15) is 12.2 Å². The minimum Gasteiger partial charge on any atom is -0.358 e. The number of aryl methyl sites for hydroxylation is 1. The molecule has 36 heavy (non-hydrogen) atoms. The molecule has 0 amide bonds. The van der Waals surface area contributed by atoms with Crippen LogP contribution in [0.1, 0.15) is 16.8 Å². The van der Waals surface area contributed by atoms with Gasteiger partial charge in [-0.1, -0.05) is 18.7 Å². The van der Waals surface area contributed by atoms with Gasteiger partial charge >= 0.3 is 0 Å². The summed E-state index contributed by atoms with van der Waals surface area (Å²) in [6.07, 6.45) is 10.3. The van der Waals surface area contributed by atoms with E-state index >= 15 is 0 Å². The maximum atomic E-state index is 13.2. The molecule has 182 valence electrons. The van der Waals surface area contributed by atoms with Crippen molar-refractivity contribution in [3.05, 3.63) is 90.5 Å². The lowest BCUT2D eigenvalue weighted by Gasteiger charge is -2.36. The maximum absolute atomic E-state index is 13.2. The molecule has 0 unspecified atom stereocenters. The number of aliphatic imine (C=N–C) groups is 1. The summed E-state index contributed by atoms with van der Waals surface area (Å²) < 4.78 is 15.0. The molecule has 1 aromatic carbocycles. The Morgan fingerprint density at radius 2 is 1.78 bits per heavy atom. The summed E-state index contributed by atoms with van der Waals surface area (Å²) in [6, 6.07) is 8.25. The Morgan fingerprint density at radius 1 is 1.06 bits per heavy atom. The zero-order valence-corrected chi connectivity index (χ0v) is 19.9. The average molecular weight is 484 g/mol. The molecule has 2 N–H and O–H groups in total. The Bertz CT molecular complexity index is 1390. The van der Waals surface area contributed by atoms with Gasteiger partial charge in [-0.3, -0.25) is 10.1 Å². The largest absolute Gasteiger partial charge is 0.358 e. The number of halogens is 1. The molecule has 0 atom stereocenters. The van der Waals surface area contributed by atoms with Crippen molar-refractivity contribution in [2.24, 2.45) is 12.0 Å². The van der Waals surface area contributed by atoms with Crippen molar-refractivity contribution in [1.29, 1.82) is 5.41 Å². The van der Waals surface area contributed by atoms with Crippen LogP contribution < -0.4 is 4.90 Å². The number of aromatic nitrogens is 5. The van der Waals surface area contributed by atoms with Crippen LogP contribution in [0.4, 0.5) is 10.3 Å². The van der Waals surface area contributed by atoms with Gasteiger partial charge in [0.2, 0.25) is 5.95 Å². The molecular weight excluding hydrogens is 457 g/mol. The third-order valence-electron chi connectivity index (χ3n) is 6.19. The third-order valence-corrected chi connectivity index (χ3v) is 6.19. The van der Waals surface area contributed by atoms with E-state index in [9.17, 15) is 4.39 Å². The Labute approximate surface area is 208 Å². The zero-order valence-electron chi connectivity index (χ0n) is 19.9. The van der Waals surface area contributed by atoms with Crippen molar-refractivity contribution in [2.45, 2.75) is 0 Å². The van der Waals surface area contributed by atoms with Crippen molar-refractivity contribution >= 4 is 23.7 Å². The highest BCUT2D eigenvalue weighted by Crippen LogP contribution is 2.23. The van der Waals surface area contributed by atoms with Crippen molar-refractivity contribution < 1.29 is 4.39 Å². The fraction of sp³-hybridized carbons (Fsp3) is 0.192. The van der Waals surface area contributed by atoms with Gasteiger partial charge in [-0.25, -0.2) is 19.4 Å². The highest BCUT2D eigenvalue weighted by atomic mass is 19.1. The first-order valence-corrected chi connectivity index (χ1v) is 11.5. The fourth-order valence-electron chi connectivity index (χ4n) is 4.22. The maximum Gasteiger partial charge on any atom is 0.225 e. The quantitative estimate of drug-likeness (QED) is 0.322. The second-order valence-corrected chi connectivity index (χ2v) is 8.52. The lowest BCUT2D eigenvalue weighted by molar-refractivity contribution is 0.383. The number of hydrogen-bond donors (Lipinski definition) is 2. The van der Waals surface area contributed by atoms with Crippen LogP contribution in [-0.2, 0) is 7.05 Å². The van der Waals surface area contributed by atoms with Crippen LogP contribution in [0.3, 0.4) is 0 Å². The topological polar surface area (TPSA) is 102 Å². The second kappa shape index (κ2) is 9.95. The number of aromatic amines is 1. The molecule has 0 bridgehead atoms. The summed E-state index contributed by atoms with van der Waals surface area (Å²) in [7, 11) is 1.89. The van der Waals surface area contributed by atoms with Crippen LogP contribution in [0.25, 0.3) is 16.7 Å². The first-order valence-electron chi connectivity index (χ1n) is 11.5. The Kier molecular flexibility index (Phi) is 6.40. The predicted molar refractivity (Wildman–Crippen MR) is 139 cm³/mol. The van der Waals surface area contributed by atoms with Gasteiger partial charge in [-0.05, 0) is 29.3 Å². The zero-order chi connectivity index (χ0) is 25.1. The molecule has 9 nitrogen and oxygen atoms in total. The summed E-state index contributed by atoms with van der Waals surface area (Å²) in [6.45, 7) is 6.95. The van der Waals surface area contributed by atoms with E-state index in [1.807, 2.05) is 31.7 Å². The number of hydrogen-bond acceptors (Lipinski definition) is 5. The highest BCUT2D eigenvalue weighted by Gasteiger charge is 2.23. The van der Waals surface area contributed by atoms with E-state index in [1.165, 1.54) is 12.1 Å². The Morgan fingerprint density at radius 3 is 2.42 bits per heavy atom. The van der Waals surface area contributed by atoms with Gasteiger partial charge in [-0.15, -0.1) is 0 Å². The number of piperazine rings is 1. The number of amidine groups is 1. The number of nitrogens with one attached hydrogen (secondary N) is 2. The van der Waals surface area contributed by atoms with Gasteiger partial charge < -0.3 is 14.8 Å². The number of benzene rings is 1. The molecular formula is C26H26FN9. The normalized spacial score (nSPS) is 14.2. The van der Waals surface area contributed by atoms with E-state index in [0.717, 1.165) is 45.7 Å². The van der Waals surface area contributed by atoms with Crippen LogP contribution in [0, 0.1) is 11.2 Å². The van der Waals surface area contributed by atoms with Crippen LogP contribution in [-0.4, -0.2) is 68.0 Å². The Hall–Kier alpha value is -4.60. The van der Waals surface area contributed by atoms with Crippen LogP contribution >= 0.6 is 0 Å². The predicted octanol–water partition coefficient (Wildman–Crippen LogP) is 3.58. The van der Waals surface area contributed by atoms with E-state index in [4.69, 9.17) is 5.41 Å². The van der Waals surface area contributed by atoms with Gasteiger partial charge in [0.15, 0.2) is 5.84 Å². The number of anilines is 1. The van der Waals surface area contributed by atoms with E-state index in [1.54, 1.807) is 29.2 Å². The van der Waals surface area contributed by atoms with E-state index < -0.39 is 0 Å². The first kappa shape index (κ1) is 23.2. The molecule has 1 saturated heterocycles. The van der Waals surface area contributed by atoms with E-state index in [2.05, 4.69) is 41.4 Å². The van der Waals surface area contributed by atoms with Crippen LogP contribution in [0.5, 0.6) is 0 Å². The third kappa shape index (κ3) is 4.78. The molecule has 0 spiro atoms. The molecule has 4 heterocycles. The molecule has 1 aliphatic rings. The molecule has 4 aromatic rings. The van der Waals surface area contributed by atoms with E-state index in [0.29, 0.717) is 32.1 Å². The van der Waals surface area contributed by atoms with Crippen molar-refractivity contribution in [3.63, 3.8) is 0 Å². The highest BCUT2D eigenvalue weighted by molar-refractivity contribution is 6.01. The van der Waals surface area contributed by atoms with Gasteiger partial charge in [-0.2, -0.15) is 5.10 Å². The smallest absolute Gasteiger partial charge is 0.225 e. The molecule has 1 fully saturated rings. The van der Waals surface area contributed by atoms with Crippen molar-refractivity contribution in [3.8, 4) is 11.1 Å². The van der Waals surface area contributed by atoms with Gasteiger partial charge in [0.05, 0.1) is 11.9 Å². The number of H-pyrrole nitrogens is 1. The standard InChI is InChI=1S/C26H26FN9/c1-18(19-3-5-23(27)6-4-19)21-13-30-26(31-14-21)36-9-7-35(8-10-36)25(32-17-28)24-11-20(12-29-24)22-15-33-34(2)16-22/h3-6,11-17,28-29H,1,7-10H2,2H3. The molecule has 0 aliphatic carbocycles. The summed E-state index contributed by atoms with van der Waals surface area (Å²) >= 11 is 0. The summed E-state index contributed by atoms with van der Waals surface area (Å²) in [5, 5.41) is 11.8. The van der Waals surface area contributed by atoms with Crippen molar-refractivity contribution in [1.82, 2.24) is 29.6 Å². The SMILES string of the molecule is C=C(c1ccc(F)cc1)c1cnc(N2CCN(C(=NC=N)c3cc(-c4cnn(C)c4)c[nH]3)CC2)nc1. The monoisotopic (exact) mass is 483 g/mol. The second-order valence-electron chi connectivity index (χ2n) is 8.52. The lowest BCUT2D eigenvalue weighted by Crippen LogP contribution is -2.49. The first-order chi connectivity index (χ1) is 17.5. The van der Waals surface area contributed by atoms with Gasteiger partial charge in [0, 0.05) is 74.7 Å². The average Bonchev–Trinajstić information content (AvgIpc) is 3.57. The number of rotatable bonds is 6. The molecule has 0 radical (unpaired) electrons. The van der Waals surface area contributed by atoms with Crippen LogP contribution in [0.15, 0.2) is 72.9 Å². The molecule has 5 rings (SSSR count). The lowest BCUT2D eigenvalue weighted by atomic mass is 10.0. The summed E-state index contributed by atoms with van der Waals surface area (Å²) in [4.78, 5) is 21.0. The fourth-order valence-corrected chi connectivity index (χ4v) is 4.22. The summed E-state index contributed by atoms with van der Waals surface area (Å²) in [5.74, 6) is 1.09. The minimum atomic E-state index is -0.281.